The van der Waals surface area contributed by atoms with Gasteiger partial charge in [-0.15, -0.1) is 0 Å². The van der Waals surface area contributed by atoms with Crippen LogP contribution < -0.4 is 11.1 Å². The number of likely N-dealkylation sites (N-methyl/N-ethyl adjacent to an activating group) is 1. The molecule has 7 nitrogen and oxygen atoms in total. The number of carbonyl (C=O) groups excluding carboxylic acids is 2. The van der Waals surface area contributed by atoms with E-state index >= 15 is 0 Å². The van der Waals surface area contributed by atoms with Crippen LogP contribution in [0.15, 0.2) is 5.16 Å². The van der Waals surface area contributed by atoms with Crippen molar-refractivity contribution in [1.82, 2.24) is 10.2 Å². The molecular formula is C14H26N4O3. The Morgan fingerprint density at radius 2 is 1.90 bits per heavy atom. The molecule has 0 aromatic rings. The van der Waals surface area contributed by atoms with Crippen molar-refractivity contribution in [2.24, 2.45) is 16.3 Å². The van der Waals surface area contributed by atoms with E-state index in [-0.39, 0.29) is 30.2 Å². The minimum Gasteiger partial charge on any atom is -0.409 e. The normalized spacial score (nSPS) is 18.4. The summed E-state index contributed by atoms with van der Waals surface area (Å²) in [7, 11) is 1.57. The minimum absolute atomic E-state index is 0.0220. The van der Waals surface area contributed by atoms with E-state index in [1.165, 1.54) is 4.90 Å². The molecule has 0 saturated heterocycles. The highest BCUT2D eigenvalue weighted by Crippen LogP contribution is 2.38. The number of carbonyl (C=O) groups is 2. The van der Waals surface area contributed by atoms with Crippen LogP contribution in [0.25, 0.3) is 0 Å². The number of nitrogens with two attached hydrogens (primary N) is 1. The summed E-state index contributed by atoms with van der Waals surface area (Å²) in [5.41, 5.74) is 4.81. The third kappa shape index (κ3) is 4.09. The molecule has 1 saturated carbocycles. The van der Waals surface area contributed by atoms with Gasteiger partial charge in [0.05, 0.1) is 6.54 Å². The summed E-state index contributed by atoms with van der Waals surface area (Å²) in [5.74, 6) is -0.522. The largest absolute Gasteiger partial charge is 0.409 e. The molecule has 0 unspecified atom stereocenters. The molecule has 2 amide bonds. The first kappa shape index (κ1) is 17.3. The van der Waals surface area contributed by atoms with Crippen LogP contribution in [0.3, 0.4) is 0 Å². The van der Waals surface area contributed by atoms with Gasteiger partial charge in [-0.3, -0.25) is 9.59 Å². The Hall–Kier alpha value is -1.79. The second kappa shape index (κ2) is 7.28. The highest BCUT2D eigenvalue weighted by Gasteiger charge is 2.45. The lowest BCUT2D eigenvalue weighted by molar-refractivity contribution is -0.141. The van der Waals surface area contributed by atoms with Crippen molar-refractivity contribution in [2.75, 3.05) is 13.6 Å². The first-order valence-corrected chi connectivity index (χ1v) is 7.36. The maximum atomic E-state index is 12.7. The molecule has 1 aliphatic rings. The van der Waals surface area contributed by atoms with Gasteiger partial charge < -0.3 is 21.2 Å². The van der Waals surface area contributed by atoms with E-state index < -0.39 is 5.41 Å². The molecule has 0 aromatic carbocycles. The minimum atomic E-state index is -0.972. The second-order valence-corrected chi connectivity index (χ2v) is 6.01. The zero-order chi connectivity index (χ0) is 16.0. The van der Waals surface area contributed by atoms with E-state index in [0.717, 1.165) is 19.3 Å². The van der Waals surface area contributed by atoms with Crippen molar-refractivity contribution in [3.8, 4) is 0 Å². The van der Waals surface area contributed by atoms with Gasteiger partial charge in [0.15, 0.2) is 5.84 Å². The Kier molecular flexibility index (Phi) is 5.99. The van der Waals surface area contributed by atoms with Crippen molar-refractivity contribution in [3.05, 3.63) is 0 Å². The Labute approximate surface area is 125 Å². The number of amidine groups is 1. The predicted octanol–water partition coefficient (Wildman–Crippen LogP) is 0.666. The maximum Gasteiger partial charge on any atom is 0.239 e. The third-order valence-electron chi connectivity index (χ3n) is 3.89. The third-order valence-corrected chi connectivity index (χ3v) is 3.89. The molecule has 1 rings (SSSR count). The quantitative estimate of drug-likeness (QED) is 0.300. The predicted molar refractivity (Wildman–Crippen MR) is 79.8 cm³/mol. The van der Waals surface area contributed by atoms with Gasteiger partial charge in [0.25, 0.3) is 0 Å². The highest BCUT2D eigenvalue weighted by atomic mass is 16.4. The van der Waals surface area contributed by atoms with E-state index in [0.29, 0.717) is 12.8 Å². The average Bonchev–Trinajstić information content (AvgIpc) is 2.45. The number of hydrogen-bond donors (Lipinski definition) is 3. The van der Waals surface area contributed by atoms with E-state index in [1.54, 1.807) is 7.05 Å². The van der Waals surface area contributed by atoms with Gasteiger partial charge in [0.1, 0.15) is 5.41 Å². The molecule has 0 atom stereocenters. The molecule has 0 aliphatic heterocycles. The standard InChI is InChI=1S/C14H26N4O3/c1-10(2)16-11(19)9-18(3)13(20)14(12(15)17-21)7-5-4-6-8-14/h10,21H,4-9H2,1-3H3,(H2,15,17)(H,16,19). The fourth-order valence-corrected chi connectivity index (χ4v) is 2.85. The van der Waals surface area contributed by atoms with Crippen LogP contribution in [-0.4, -0.2) is 47.4 Å². The maximum absolute atomic E-state index is 12.7. The first-order chi connectivity index (χ1) is 9.83. The molecule has 1 fully saturated rings. The summed E-state index contributed by atoms with van der Waals surface area (Å²) < 4.78 is 0. The summed E-state index contributed by atoms with van der Waals surface area (Å²) in [5, 5.41) is 14.8. The lowest BCUT2D eigenvalue weighted by Crippen LogP contribution is -2.53. The number of hydrogen-bond acceptors (Lipinski definition) is 4. The second-order valence-electron chi connectivity index (χ2n) is 6.01. The number of nitrogens with one attached hydrogen (secondary N) is 1. The molecule has 0 radical (unpaired) electrons. The van der Waals surface area contributed by atoms with Crippen molar-refractivity contribution in [1.29, 1.82) is 0 Å². The molecule has 120 valence electrons. The van der Waals surface area contributed by atoms with Gasteiger partial charge in [-0.2, -0.15) is 0 Å². The van der Waals surface area contributed by atoms with Crippen LogP contribution in [0.5, 0.6) is 0 Å². The molecule has 0 heterocycles. The molecule has 0 spiro atoms. The van der Waals surface area contributed by atoms with Crippen molar-refractivity contribution in [2.45, 2.75) is 52.0 Å². The fraction of sp³-hybridized carbons (Fsp3) is 0.786. The van der Waals surface area contributed by atoms with Crippen LogP contribution in [0.2, 0.25) is 0 Å². The smallest absolute Gasteiger partial charge is 0.239 e. The number of amides is 2. The lowest BCUT2D eigenvalue weighted by atomic mass is 9.72. The molecule has 0 aromatic heterocycles. The Balaban J connectivity index is 2.83. The molecule has 21 heavy (non-hydrogen) atoms. The van der Waals surface area contributed by atoms with Gasteiger partial charge in [-0.05, 0) is 26.7 Å². The monoisotopic (exact) mass is 298 g/mol. The molecule has 4 N–H and O–H groups in total. The van der Waals surface area contributed by atoms with Crippen molar-refractivity contribution in [3.63, 3.8) is 0 Å². The average molecular weight is 298 g/mol. The van der Waals surface area contributed by atoms with E-state index in [9.17, 15) is 9.59 Å². The summed E-state index contributed by atoms with van der Waals surface area (Å²) in [4.78, 5) is 25.9. The van der Waals surface area contributed by atoms with Crippen molar-refractivity contribution >= 4 is 17.6 Å². The summed E-state index contributed by atoms with van der Waals surface area (Å²) in [6, 6.07) is 0.0220. The van der Waals surface area contributed by atoms with Gasteiger partial charge in [0, 0.05) is 13.1 Å². The Morgan fingerprint density at radius 1 is 1.33 bits per heavy atom. The molecule has 0 bridgehead atoms. The van der Waals surface area contributed by atoms with Gasteiger partial charge in [0.2, 0.25) is 11.8 Å². The van der Waals surface area contributed by atoms with E-state index in [2.05, 4.69) is 10.5 Å². The summed E-state index contributed by atoms with van der Waals surface area (Å²) >= 11 is 0. The number of oxime groups is 1. The zero-order valence-corrected chi connectivity index (χ0v) is 13.1. The Morgan fingerprint density at radius 3 is 2.38 bits per heavy atom. The van der Waals surface area contributed by atoms with Gasteiger partial charge >= 0.3 is 0 Å². The highest BCUT2D eigenvalue weighted by molar-refractivity contribution is 6.07. The first-order valence-electron chi connectivity index (χ1n) is 7.36. The van der Waals surface area contributed by atoms with Crippen LogP contribution in [-0.2, 0) is 9.59 Å². The summed E-state index contributed by atoms with van der Waals surface area (Å²) in [6.45, 7) is 3.69. The zero-order valence-electron chi connectivity index (χ0n) is 13.1. The molecule has 7 heteroatoms. The summed E-state index contributed by atoms with van der Waals surface area (Å²) in [6.07, 6.45) is 3.85. The molecule has 1 aliphatic carbocycles. The van der Waals surface area contributed by atoms with Crippen LogP contribution in [0, 0.1) is 5.41 Å². The topological polar surface area (TPSA) is 108 Å². The van der Waals surface area contributed by atoms with E-state index in [1.807, 2.05) is 13.8 Å². The van der Waals surface area contributed by atoms with Gasteiger partial charge in [-0.1, -0.05) is 24.4 Å². The van der Waals surface area contributed by atoms with Crippen LogP contribution >= 0.6 is 0 Å². The van der Waals surface area contributed by atoms with Crippen LogP contribution in [0.1, 0.15) is 46.0 Å². The molecular weight excluding hydrogens is 272 g/mol. The van der Waals surface area contributed by atoms with Gasteiger partial charge in [-0.25, -0.2) is 0 Å². The number of rotatable bonds is 5. The van der Waals surface area contributed by atoms with E-state index in [4.69, 9.17) is 10.9 Å². The SMILES string of the molecule is CC(C)NC(=O)CN(C)C(=O)C1(C(N)=NO)CCCCC1. The lowest BCUT2D eigenvalue weighted by Gasteiger charge is -2.37. The van der Waals surface area contributed by atoms with Crippen LogP contribution in [0.4, 0.5) is 0 Å². The fourth-order valence-electron chi connectivity index (χ4n) is 2.85. The Bertz CT molecular complexity index is 414. The van der Waals surface area contributed by atoms with Crippen molar-refractivity contribution < 1.29 is 14.8 Å². The number of nitrogens with zero attached hydrogens (tertiary/aromatic N) is 2.